The predicted molar refractivity (Wildman–Crippen MR) is 94.5 cm³/mol. The Morgan fingerprint density at radius 1 is 1.59 bits per heavy atom. The lowest BCUT2D eigenvalue weighted by Gasteiger charge is -2.17. The molecule has 0 saturated carbocycles. The first-order valence-electron chi connectivity index (χ1n) is 8.68. The molecule has 0 bridgehead atoms. The van der Waals surface area contributed by atoms with E-state index >= 15 is 0 Å². The SMILES string of the molecule is COCCNC(=O)C[C@@H]1[C@@H](C)OC([n+]2cn(C)c3c(=O)[nH]c(N)nc32)[C@@H]1O. The average molecular weight is 381 g/mol. The highest BCUT2D eigenvalue weighted by Crippen LogP contribution is 2.33. The smallest absolute Gasteiger partial charge is 0.313 e. The maximum Gasteiger partial charge on any atom is 0.313 e. The summed E-state index contributed by atoms with van der Waals surface area (Å²) in [6.07, 6.45) is -0.363. The molecule has 0 aliphatic carbocycles. The number of hydrogen-bond donors (Lipinski definition) is 4. The highest BCUT2D eigenvalue weighted by atomic mass is 16.5. The topological polar surface area (TPSA) is 148 Å². The number of aromatic nitrogens is 4. The summed E-state index contributed by atoms with van der Waals surface area (Å²) < 4.78 is 14.0. The number of aliphatic hydroxyl groups excluding tert-OH is 1. The maximum atomic E-state index is 12.2. The Balaban J connectivity index is 1.84. The summed E-state index contributed by atoms with van der Waals surface area (Å²) in [5, 5.41) is 13.5. The van der Waals surface area contributed by atoms with Crippen LogP contribution < -0.4 is 21.2 Å². The van der Waals surface area contributed by atoms with Crippen LogP contribution in [0.3, 0.4) is 0 Å². The van der Waals surface area contributed by atoms with E-state index in [1.807, 2.05) is 0 Å². The fraction of sp³-hybridized carbons (Fsp3) is 0.625. The van der Waals surface area contributed by atoms with Crippen molar-refractivity contribution in [1.29, 1.82) is 0 Å². The van der Waals surface area contributed by atoms with Gasteiger partial charge >= 0.3 is 5.65 Å². The number of H-pyrrole nitrogens is 1. The maximum absolute atomic E-state index is 12.2. The van der Waals surface area contributed by atoms with E-state index in [0.29, 0.717) is 24.3 Å². The Morgan fingerprint density at radius 3 is 3.04 bits per heavy atom. The molecular weight excluding hydrogens is 356 g/mol. The Hall–Kier alpha value is -2.50. The number of nitrogens with one attached hydrogen (secondary N) is 2. The van der Waals surface area contributed by atoms with Crippen LogP contribution in [0.2, 0.25) is 0 Å². The van der Waals surface area contributed by atoms with Crippen molar-refractivity contribution in [3.63, 3.8) is 0 Å². The van der Waals surface area contributed by atoms with Crippen LogP contribution >= 0.6 is 0 Å². The monoisotopic (exact) mass is 381 g/mol. The van der Waals surface area contributed by atoms with Gasteiger partial charge in [0.1, 0.15) is 6.10 Å². The fourth-order valence-corrected chi connectivity index (χ4v) is 3.44. The highest BCUT2D eigenvalue weighted by molar-refractivity contribution is 5.76. The summed E-state index contributed by atoms with van der Waals surface area (Å²) in [7, 11) is 3.25. The molecule has 2 aromatic heterocycles. The second-order valence-electron chi connectivity index (χ2n) is 6.69. The lowest BCUT2D eigenvalue weighted by molar-refractivity contribution is -0.745. The third-order valence-corrected chi connectivity index (χ3v) is 4.80. The Labute approximate surface area is 155 Å². The number of ether oxygens (including phenoxy) is 2. The number of nitrogen functional groups attached to an aromatic ring is 1. The van der Waals surface area contributed by atoms with Crippen LogP contribution in [0.1, 0.15) is 19.6 Å². The molecule has 27 heavy (non-hydrogen) atoms. The fourth-order valence-electron chi connectivity index (χ4n) is 3.44. The normalized spacial score (nSPS) is 25.2. The summed E-state index contributed by atoms with van der Waals surface area (Å²) in [6, 6.07) is 0. The Kier molecular flexibility index (Phi) is 5.44. The van der Waals surface area contributed by atoms with Crippen LogP contribution in [0.5, 0.6) is 0 Å². The van der Waals surface area contributed by atoms with Crippen LogP contribution in [-0.2, 0) is 21.3 Å². The second-order valence-corrected chi connectivity index (χ2v) is 6.69. The molecule has 3 rings (SSSR count). The second kappa shape index (κ2) is 7.62. The number of fused-ring (bicyclic) bond motifs is 1. The molecule has 11 nitrogen and oxygen atoms in total. The van der Waals surface area contributed by atoms with Gasteiger partial charge in [0.25, 0.3) is 11.5 Å². The van der Waals surface area contributed by atoms with Gasteiger partial charge < -0.3 is 25.6 Å². The van der Waals surface area contributed by atoms with Crippen molar-refractivity contribution in [2.45, 2.75) is 31.8 Å². The van der Waals surface area contributed by atoms with Crippen molar-refractivity contribution >= 4 is 23.0 Å². The average Bonchev–Trinajstić information content (AvgIpc) is 3.06. The number of aromatic amines is 1. The number of hydrogen-bond acceptors (Lipinski definition) is 7. The zero-order valence-corrected chi connectivity index (χ0v) is 15.5. The van der Waals surface area contributed by atoms with E-state index in [1.54, 1.807) is 36.5 Å². The van der Waals surface area contributed by atoms with Crippen molar-refractivity contribution < 1.29 is 23.9 Å². The number of amides is 1. The minimum absolute atomic E-state index is 0.0259. The van der Waals surface area contributed by atoms with Gasteiger partial charge in [-0.05, 0) is 6.92 Å². The van der Waals surface area contributed by atoms with Crippen LogP contribution in [0, 0.1) is 5.92 Å². The van der Waals surface area contributed by atoms with Crippen molar-refractivity contribution in [3.8, 4) is 0 Å². The summed E-state index contributed by atoms with van der Waals surface area (Å²) in [5.74, 6) is -0.615. The minimum Gasteiger partial charge on any atom is -0.386 e. The largest absolute Gasteiger partial charge is 0.386 e. The minimum atomic E-state index is -0.953. The van der Waals surface area contributed by atoms with E-state index in [1.165, 1.54) is 0 Å². The number of carbonyl (C=O) groups is 1. The molecule has 0 aromatic carbocycles. The third kappa shape index (κ3) is 3.66. The van der Waals surface area contributed by atoms with Gasteiger partial charge in [-0.15, -0.1) is 0 Å². The van der Waals surface area contributed by atoms with Crippen LogP contribution in [0.25, 0.3) is 11.2 Å². The summed E-state index contributed by atoms with van der Waals surface area (Å²) in [6.45, 7) is 2.62. The van der Waals surface area contributed by atoms with E-state index < -0.39 is 18.2 Å². The van der Waals surface area contributed by atoms with E-state index in [2.05, 4.69) is 15.3 Å². The molecule has 1 aliphatic rings. The lowest BCUT2D eigenvalue weighted by atomic mass is 9.94. The molecule has 1 amide bonds. The molecule has 3 heterocycles. The lowest BCUT2D eigenvalue weighted by Crippen LogP contribution is -2.45. The zero-order valence-electron chi connectivity index (χ0n) is 15.5. The highest BCUT2D eigenvalue weighted by Gasteiger charge is 2.46. The number of nitrogens with two attached hydrogens (primary N) is 1. The zero-order chi connectivity index (χ0) is 19.7. The van der Waals surface area contributed by atoms with Gasteiger partial charge in [-0.2, -0.15) is 0 Å². The number of imidazole rings is 1. The van der Waals surface area contributed by atoms with Crippen molar-refractivity contribution in [2.75, 3.05) is 26.0 Å². The summed E-state index contributed by atoms with van der Waals surface area (Å²) in [4.78, 5) is 30.9. The predicted octanol–water partition coefficient (Wildman–Crippen LogP) is -1.82. The molecule has 1 aliphatic heterocycles. The van der Waals surface area contributed by atoms with Gasteiger partial charge in [0, 0.05) is 26.0 Å². The van der Waals surface area contributed by atoms with E-state index in [0.717, 1.165) is 0 Å². The first kappa shape index (κ1) is 19.3. The first-order valence-corrected chi connectivity index (χ1v) is 8.68. The van der Waals surface area contributed by atoms with Crippen molar-refractivity contribution in [1.82, 2.24) is 19.9 Å². The van der Waals surface area contributed by atoms with Gasteiger partial charge in [-0.3, -0.25) is 19.1 Å². The van der Waals surface area contributed by atoms with Crippen LogP contribution in [0.4, 0.5) is 5.95 Å². The van der Waals surface area contributed by atoms with Crippen LogP contribution in [0.15, 0.2) is 11.1 Å². The van der Waals surface area contributed by atoms with Gasteiger partial charge in [0.15, 0.2) is 6.33 Å². The quantitative estimate of drug-likeness (QED) is 0.340. The third-order valence-electron chi connectivity index (χ3n) is 4.80. The van der Waals surface area contributed by atoms with Crippen LogP contribution in [-0.4, -0.2) is 58.0 Å². The first-order chi connectivity index (χ1) is 12.8. The molecule has 1 saturated heterocycles. The van der Waals surface area contributed by atoms with Crippen molar-refractivity contribution in [2.24, 2.45) is 13.0 Å². The van der Waals surface area contributed by atoms with Gasteiger partial charge in [-0.25, -0.2) is 4.57 Å². The number of aryl methyl sites for hydroxylation is 1. The van der Waals surface area contributed by atoms with Gasteiger partial charge in [0.2, 0.25) is 17.7 Å². The van der Waals surface area contributed by atoms with Crippen molar-refractivity contribution in [3.05, 3.63) is 16.7 Å². The Bertz CT molecular complexity index is 893. The standard InChI is InChI=1S/C16H24N6O5/c1-8-9(6-10(23)18-4-5-26-3)12(24)15(27-8)22-7-21(2)11-13(22)19-16(17)20-14(11)25/h7-9,12,15,24H,4-6H2,1-3H3,(H3-,17,18,19,20,23,25)/p+1/t8-,9-,12-,15?/m1/s1. The number of carbonyl (C=O) groups excluding carboxylic acids is 1. The molecule has 1 fully saturated rings. The number of methoxy groups -OCH3 is 1. The Morgan fingerprint density at radius 2 is 2.33 bits per heavy atom. The van der Waals surface area contributed by atoms with E-state index in [4.69, 9.17) is 15.2 Å². The molecule has 5 N–H and O–H groups in total. The molecule has 0 spiro atoms. The molecule has 1 unspecified atom stereocenters. The number of rotatable bonds is 6. The molecule has 148 valence electrons. The number of anilines is 1. The molecule has 0 radical (unpaired) electrons. The number of aliphatic hydroxyl groups is 1. The van der Waals surface area contributed by atoms with E-state index in [-0.39, 0.29) is 29.9 Å². The molecule has 2 aromatic rings. The van der Waals surface area contributed by atoms with E-state index in [9.17, 15) is 14.7 Å². The molecule has 4 atom stereocenters. The molecular formula is C16H25N6O5+. The van der Waals surface area contributed by atoms with Gasteiger partial charge in [0.05, 0.1) is 19.8 Å². The summed E-state index contributed by atoms with van der Waals surface area (Å²) >= 11 is 0. The van der Waals surface area contributed by atoms with Gasteiger partial charge in [-0.1, -0.05) is 4.98 Å². The number of nitrogens with zero attached hydrogens (tertiary/aromatic N) is 3. The molecule has 11 heteroatoms. The summed E-state index contributed by atoms with van der Waals surface area (Å²) in [5.41, 5.74) is 5.90.